The van der Waals surface area contributed by atoms with Gasteiger partial charge in [0.25, 0.3) is 0 Å². The molecule has 0 atom stereocenters. The molecule has 0 rings (SSSR count). The zero-order chi connectivity index (χ0) is 15.3. The van der Waals surface area contributed by atoms with Crippen molar-refractivity contribution in [1.82, 2.24) is 21.3 Å². The summed E-state index contributed by atoms with van der Waals surface area (Å²) in [6.45, 7) is 10.3. The van der Waals surface area contributed by atoms with E-state index in [1.165, 1.54) is 0 Å². The maximum Gasteiger partial charge on any atom is 0.00772 e. The van der Waals surface area contributed by atoms with E-state index in [-0.39, 0.29) is 0 Å². The highest BCUT2D eigenvalue weighted by molar-refractivity contribution is 4.54. The minimum Gasteiger partial charge on any atom is -0.329 e. The summed E-state index contributed by atoms with van der Waals surface area (Å²) >= 11 is 0. The van der Waals surface area contributed by atoms with Crippen molar-refractivity contribution in [1.29, 1.82) is 0 Å². The molecular formula is C12H36N8. The standard InChI is InChI=1S/C8H23N5.C4H13N3/c9-1-3-11-5-7-13-8-6-12-4-2-10;5-1-3-7-4-2-6/h11-13H,1-10H2;7H,1-6H2. The van der Waals surface area contributed by atoms with Gasteiger partial charge in [-0.15, -0.1) is 0 Å². The van der Waals surface area contributed by atoms with Crippen molar-refractivity contribution < 1.29 is 0 Å². The summed E-state index contributed by atoms with van der Waals surface area (Å²) in [6.07, 6.45) is 0. The SMILES string of the molecule is NCCNCCN.NCCNCCNCCNCCN. The molecule has 0 heterocycles. The molecule has 0 fully saturated rings. The summed E-state index contributed by atoms with van der Waals surface area (Å²) in [6, 6.07) is 0. The Labute approximate surface area is 123 Å². The van der Waals surface area contributed by atoms with Gasteiger partial charge in [0, 0.05) is 78.5 Å². The van der Waals surface area contributed by atoms with Gasteiger partial charge >= 0.3 is 0 Å². The third-order valence-corrected chi connectivity index (χ3v) is 2.24. The van der Waals surface area contributed by atoms with Crippen LogP contribution in [0.1, 0.15) is 0 Å². The van der Waals surface area contributed by atoms with E-state index in [0.717, 1.165) is 52.4 Å². The topological polar surface area (TPSA) is 152 Å². The van der Waals surface area contributed by atoms with Gasteiger partial charge in [-0.3, -0.25) is 0 Å². The van der Waals surface area contributed by atoms with Crippen molar-refractivity contribution in [2.75, 3.05) is 78.5 Å². The van der Waals surface area contributed by atoms with E-state index in [2.05, 4.69) is 21.3 Å². The average Bonchev–Trinajstić information content (AvgIpc) is 2.47. The van der Waals surface area contributed by atoms with Crippen molar-refractivity contribution in [3.63, 3.8) is 0 Å². The fourth-order valence-electron chi connectivity index (χ4n) is 1.26. The quantitative estimate of drug-likeness (QED) is 0.152. The lowest BCUT2D eigenvalue weighted by Crippen LogP contribution is -2.35. The van der Waals surface area contributed by atoms with E-state index in [9.17, 15) is 0 Å². The summed E-state index contributed by atoms with van der Waals surface area (Å²) in [4.78, 5) is 0. The minimum atomic E-state index is 0.694. The summed E-state index contributed by atoms with van der Waals surface area (Å²) in [7, 11) is 0. The van der Waals surface area contributed by atoms with Crippen LogP contribution in [0.5, 0.6) is 0 Å². The molecule has 0 bridgehead atoms. The van der Waals surface area contributed by atoms with Gasteiger partial charge in [-0.05, 0) is 0 Å². The van der Waals surface area contributed by atoms with Crippen LogP contribution >= 0.6 is 0 Å². The van der Waals surface area contributed by atoms with E-state index < -0.39 is 0 Å². The van der Waals surface area contributed by atoms with Crippen LogP contribution in [0.25, 0.3) is 0 Å². The van der Waals surface area contributed by atoms with Gasteiger partial charge in [-0.2, -0.15) is 0 Å². The van der Waals surface area contributed by atoms with Gasteiger partial charge in [0.05, 0.1) is 0 Å². The first kappa shape index (κ1) is 22.0. The van der Waals surface area contributed by atoms with Gasteiger partial charge in [-0.25, -0.2) is 0 Å². The van der Waals surface area contributed by atoms with Gasteiger partial charge in [-0.1, -0.05) is 0 Å². The predicted molar refractivity (Wildman–Crippen MR) is 87.7 cm³/mol. The molecular weight excluding hydrogens is 256 g/mol. The zero-order valence-corrected chi connectivity index (χ0v) is 12.8. The van der Waals surface area contributed by atoms with E-state index in [1.807, 2.05) is 0 Å². The summed E-state index contributed by atoms with van der Waals surface area (Å²) in [5, 5.41) is 12.7. The highest BCUT2D eigenvalue weighted by Crippen LogP contribution is 1.60. The number of nitrogens with two attached hydrogens (primary N) is 4. The molecule has 0 aliphatic carbocycles. The first-order valence-electron chi connectivity index (χ1n) is 7.46. The van der Waals surface area contributed by atoms with Crippen LogP contribution in [0.2, 0.25) is 0 Å². The Morgan fingerprint density at radius 2 is 0.550 bits per heavy atom. The normalized spacial score (nSPS) is 10.2. The lowest BCUT2D eigenvalue weighted by Gasteiger charge is -2.06. The maximum absolute atomic E-state index is 5.32. The van der Waals surface area contributed by atoms with Gasteiger partial charge < -0.3 is 44.2 Å². The van der Waals surface area contributed by atoms with Crippen LogP contribution in [0.3, 0.4) is 0 Å². The fraction of sp³-hybridized carbons (Fsp3) is 1.00. The summed E-state index contributed by atoms with van der Waals surface area (Å²) in [5.74, 6) is 0. The van der Waals surface area contributed by atoms with Crippen LogP contribution in [0.15, 0.2) is 0 Å². The Bertz CT molecular complexity index is 133. The maximum atomic E-state index is 5.32. The first-order valence-corrected chi connectivity index (χ1v) is 7.46. The van der Waals surface area contributed by atoms with Crippen molar-refractivity contribution in [2.45, 2.75) is 0 Å². The molecule has 124 valence electrons. The molecule has 0 amide bonds. The summed E-state index contributed by atoms with van der Waals surface area (Å²) in [5.41, 5.74) is 21.0. The van der Waals surface area contributed by atoms with Crippen molar-refractivity contribution in [3.8, 4) is 0 Å². The van der Waals surface area contributed by atoms with E-state index in [1.54, 1.807) is 0 Å². The van der Waals surface area contributed by atoms with Crippen LogP contribution < -0.4 is 44.2 Å². The monoisotopic (exact) mass is 292 g/mol. The highest BCUT2D eigenvalue weighted by Gasteiger charge is 1.87. The lowest BCUT2D eigenvalue weighted by molar-refractivity contribution is 0.586. The molecule has 0 saturated carbocycles. The van der Waals surface area contributed by atoms with E-state index in [4.69, 9.17) is 22.9 Å². The van der Waals surface area contributed by atoms with Crippen LogP contribution in [0.4, 0.5) is 0 Å². The molecule has 0 radical (unpaired) electrons. The van der Waals surface area contributed by atoms with Crippen molar-refractivity contribution >= 4 is 0 Å². The Kier molecular flexibility index (Phi) is 26.1. The Morgan fingerprint density at radius 1 is 0.350 bits per heavy atom. The number of hydrogen-bond acceptors (Lipinski definition) is 8. The van der Waals surface area contributed by atoms with E-state index >= 15 is 0 Å². The molecule has 0 aromatic heterocycles. The molecule has 0 aromatic carbocycles. The van der Waals surface area contributed by atoms with Gasteiger partial charge in [0.1, 0.15) is 0 Å². The average molecular weight is 292 g/mol. The zero-order valence-electron chi connectivity index (χ0n) is 12.8. The number of nitrogens with one attached hydrogen (secondary N) is 4. The molecule has 0 unspecified atom stereocenters. The van der Waals surface area contributed by atoms with Gasteiger partial charge in [0.15, 0.2) is 0 Å². The molecule has 8 heteroatoms. The number of hydrogen-bond donors (Lipinski definition) is 8. The Hall–Kier alpha value is -0.320. The molecule has 20 heavy (non-hydrogen) atoms. The minimum absolute atomic E-state index is 0.694. The molecule has 12 N–H and O–H groups in total. The van der Waals surface area contributed by atoms with Crippen LogP contribution in [-0.4, -0.2) is 78.5 Å². The van der Waals surface area contributed by atoms with Crippen molar-refractivity contribution in [2.24, 2.45) is 22.9 Å². The highest BCUT2D eigenvalue weighted by atomic mass is 15.0. The predicted octanol–water partition coefficient (Wildman–Crippen LogP) is -3.83. The third-order valence-electron chi connectivity index (χ3n) is 2.24. The third kappa shape index (κ3) is 26.3. The number of rotatable bonds is 14. The first-order chi connectivity index (χ1) is 9.83. The molecule has 0 saturated heterocycles. The fourth-order valence-corrected chi connectivity index (χ4v) is 1.26. The van der Waals surface area contributed by atoms with Crippen LogP contribution in [0, 0.1) is 0 Å². The smallest absolute Gasteiger partial charge is 0.00772 e. The molecule has 0 aromatic rings. The lowest BCUT2D eigenvalue weighted by atomic mass is 10.5. The van der Waals surface area contributed by atoms with Crippen molar-refractivity contribution in [3.05, 3.63) is 0 Å². The second-order valence-electron chi connectivity index (χ2n) is 4.15. The summed E-state index contributed by atoms with van der Waals surface area (Å²) < 4.78 is 0. The van der Waals surface area contributed by atoms with E-state index in [0.29, 0.717) is 26.2 Å². The molecule has 0 aliphatic rings. The Balaban J connectivity index is 0. The largest absolute Gasteiger partial charge is 0.329 e. The second kappa shape index (κ2) is 23.7. The molecule has 8 nitrogen and oxygen atoms in total. The second-order valence-corrected chi connectivity index (χ2v) is 4.15. The van der Waals surface area contributed by atoms with Gasteiger partial charge in [0.2, 0.25) is 0 Å². The molecule has 0 spiro atoms. The van der Waals surface area contributed by atoms with Crippen LogP contribution in [-0.2, 0) is 0 Å². The Morgan fingerprint density at radius 3 is 0.800 bits per heavy atom. The molecule has 0 aliphatic heterocycles.